The van der Waals surface area contributed by atoms with Crippen LogP contribution in [0.2, 0.25) is 10.0 Å². The molecule has 1 fully saturated rings. The summed E-state index contributed by atoms with van der Waals surface area (Å²) in [6.45, 7) is 3.48. The summed E-state index contributed by atoms with van der Waals surface area (Å²) >= 11 is 12.9. The average molecular weight is 480 g/mol. The lowest BCUT2D eigenvalue weighted by Crippen LogP contribution is -2.42. The molecular weight excluding hydrogens is 461 g/mol. The maximum Gasteiger partial charge on any atom is 0.329 e. The Labute approximate surface area is 194 Å². The molecule has 1 heterocycles. The van der Waals surface area contributed by atoms with Crippen LogP contribution in [0.5, 0.6) is 5.75 Å². The summed E-state index contributed by atoms with van der Waals surface area (Å²) < 4.78 is 10.8. The molecule has 9 heteroatoms. The van der Waals surface area contributed by atoms with E-state index in [-0.39, 0.29) is 18.1 Å². The third-order valence-corrected chi connectivity index (χ3v) is 5.91. The number of imide groups is 1. The van der Waals surface area contributed by atoms with E-state index in [1.807, 2.05) is 0 Å². The largest absolute Gasteiger partial charge is 0.488 e. The minimum absolute atomic E-state index is 0.164. The molecule has 0 spiro atoms. The number of ether oxygens (including phenoxy) is 2. The minimum Gasteiger partial charge on any atom is -0.488 e. The zero-order chi connectivity index (χ0) is 22.5. The number of carbonyl (C=O) groups excluding carboxylic acids is 3. The van der Waals surface area contributed by atoms with Gasteiger partial charge >= 0.3 is 5.97 Å². The third kappa shape index (κ3) is 5.42. The van der Waals surface area contributed by atoms with E-state index in [0.717, 1.165) is 22.2 Å². The summed E-state index contributed by atoms with van der Waals surface area (Å²) in [5.74, 6) is -0.667. The molecule has 0 aliphatic carbocycles. The number of benzene rings is 2. The van der Waals surface area contributed by atoms with Crippen LogP contribution in [0.25, 0.3) is 6.08 Å². The second-order valence-electron chi connectivity index (χ2n) is 6.54. The second kappa shape index (κ2) is 10.2. The fourth-order valence-corrected chi connectivity index (χ4v) is 4.21. The van der Waals surface area contributed by atoms with Gasteiger partial charge in [0.1, 0.15) is 18.4 Å². The van der Waals surface area contributed by atoms with Gasteiger partial charge in [0.15, 0.2) is 0 Å². The smallest absolute Gasteiger partial charge is 0.329 e. The maximum absolute atomic E-state index is 12.8. The van der Waals surface area contributed by atoms with Gasteiger partial charge in [0.2, 0.25) is 0 Å². The highest BCUT2D eigenvalue weighted by Crippen LogP contribution is 2.35. The van der Waals surface area contributed by atoms with Gasteiger partial charge in [0, 0.05) is 21.2 Å². The van der Waals surface area contributed by atoms with E-state index in [4.69, 9.17) is 32.7 Å². The van der Waals surface area contributed by atoms with Crippen LogP contribution in [0, 0.1) is 0 Å². The van der Waals surface area contributed by atoms with E-state index in [1.165, 1.54) is 6.92 Å². The lowest BCUT2D eigenvalue weighted by Gasteiger charge is -2.19. The van der Waals surface area contributed by atoms with Gasteiger partial charge in [-0.2, -0.15) is 0 Å². The number of carbonyl (C=O) groups is 3. The highest BCUT2D eigenvalue weighted by atomic mass is 35.5. The summed E-state index contributed by atoms with van der Waals surface area (Å²) in [6.07, 6.45) is 1.57. The van der Waals surface area contributed by atoms with E-state index >= 15 is 0 Å². The number of hydrogen-bond acceptors (Lipinski definition) is 6. The van der Waals surface area contributed by atoms with Crippen molar-refractivity contribution in [1.82, 2.24) is 4.90 Å². The molecule has 0 N–H and O–H groups in total. The van der Waals surface area contributed by atoms with Gasteiger partial charge in [0.05, 0.1) is 11.5 Å². The van der Waals surface area contributed by atoms with E-state index in [2.05, 4.69) is 0 Å². The molecule has 1 aliphatic rings. The van der Waals surface area contributed by atoms with Crippen molar-refractivity contribution in [2.45, 2.75) is 26.5 Å². The molecule has 0 bridgehead atoms. The van der Waals surface area contributed by atoms with E-state index in [0.29, 0.717) is 21.4 Å². The second-order valence-corrected chi connectivity index (χ2v) is 8.38. The molecule has 0 saturated carbocycles. The molecule has 1 aliphatic heterocycles. The molecule has 0 radical (unpaired) electrons. The van der Waals surface area contributed by atoms with E-state index in [9.17, 15) is 14.4 Å². The maximum atomic E-state index is 12.8. The Morgan fingerprint density at radius 2 is 1.94 bits per heavy atom. The molecule has 31 heavy (non-hydrogen) atoms. The fourth-order valence-electron chi connectivity index (χ4n) is 2.85. The Morgan fingerprint density at radius 1 is 1.19 bits per heavy atom. The number of rotatable bonds is 7. The Morgan fingerprint density at radius 3 is 2.65 bits per heavy atom. The Balaban J connectivity index is 1.80. The molecule has 2 amide bonds. The summed E-state index contributed by atoms with van der Waals surface area (Å²) in [6, 6.07) is 11.2. The van der Waals surface area contributed by atoms with Gasteiger partial charge in [-0.1, -0.05) is 47.5 Å². The monoisotopic (exact) mass is 479 g/mol. The topological polar surface area (TPSA) is 72.9 Å². The lowest BCUT2D eigenvalue weighted by molar-refractivity contribution is -0.150. The van der Waals surface area contributed by atoms with Gasteiger partial charge in [0.25, 0.3) is 11.1 Å². The summed E-state index contributed by atoms with van der Waals surface area (Å²) in [5.41, 5.74) is 1.37. The van der Waals surface area contributed by atoms with Gasteiger partial charge in [-0.25, -0.2) is 4.79 Å². The predicted octanol–water partition coefficient (Wildman–Crippen LogP) is 5.56. The van der Waals surface area contributed by atoms with Crippen LogP contribution in [-0.2, 0) is 20.9 Å². The van der Waals surface area contributed by atoms with Crippen LogP contribution in [0.3, 0.4) is 0 Å². The number of thioether (sulfide) groups is 1. The number of esters is 1. The first-order chi connectivity index (χ1) is 14.8. The first kappa shape index (κ1) is 23.2. The molecule has 1 saturated heterocycles. The van der Waals surface area contributed by atoms with Crippen LogP contribution in [0.1, 0.15) is 25.0 Å². The molecule has 2 aromatic rings. The fraction of sp³-hybridized carbons (Fsp3) is 0.227. The van der Waals surface area contributed by atoms with E-state index < -0.39 is 23.2 Å². The number of para-hydroxylation sites is 1. The van der Waals surface area contributed by atoms with Crippen LogP contribution in [-0.4, -0.2) is 34.7 Å². The Bertz CT molecular complexity index is 1060. The number of halogens is 2. The third-order valence-electron chi connectivity index (χ3n) is 4.44. The van der Waals surface area contributed by atoms with Crippen LogP contribution >= 0.6 is 35.0 Å². The van der Waals surface area contributed by atoms with Gasteiger partial charge < -0.3 is 9.47 Å². The molecule has 1 atom stereocenters. The molecule has 3 rings (SSSR count). The molecule has 2 aromatic carbocycles. The van der Waals surface area contributed by atoms with Crippen molar-refractivity contribution in [1.29, 1.82) is 0 Å². The number of amides is 2. The lowest BCUT2D eigenvalue weighted by atomic mass is 10.1. The van der Waals surface area contributed by atoms with Gasteiger partial charge in [-0.05, 0) is 49.9 Å². The first-order valence-corrected chi connectivity index (χ1v) is 11.0. The molecule has 0 aromatic heterocycles. The van der Waals surface area contributed by atoms with Crippen molar-refractivity contribution in [3.05, 3.63) is 68.5 Å². The molecule has 162 valence electrons. The Kier molecular flexibility index (Phi) is 7.64. The summed E-state index contributed by atoms with van der Waals surface area (Å²) in [4.78, 5) is 38.2. The average Bonchev–Trinajstić information content (AvgIpc) is 3.01. The Hall–Kier alpha value is -2.48. The van der Waals surface area contributed by atoms with Crippen LogP contribution in [0.4, 0.5) is 4.79 Å². The number of hydrogen-bond donors (Lipinski definition) is 0. The van der Waals surface area contributed by atoms with Crippen molar-refractivity contribution in [2.75, 3.05) is 6.61 Å². The highest BCUT2D eigenvalue weighted by Gasteiger charge is 2.41. The van der Waals surface area contributed by atoms with Gasteiger partial charge in [-0.3, -0.25) is 14.5 Å². The van der Waals surface area contributed by atoms with Crippen LogP contribution < -0.4 is 4.74 Å². The summed E-state index contributed by atoms with van der Waals surface area (Å²) in [7, 11) is 0. The van der Waals surface area contributed by atoms with Crippen molar-refractivity contribution in [3.8, 4) is 5.75 Å². The zero-order valence-electron chi connectivity index (χ0n) is 16.8. The quantitative estimate of drug-likeness (QED) is 0.382. The normalized spacial score (nSPS) is 16.0. The molecule has 6 nitrogen and oxygen atoms in total. The standard InChI is InChI=1S/C22H19Cl2NO5S/c1-3-29-21(27)13(2)25-20(26)19(31-22(25)28)10-14-6-4-5-7-18(14)30-12-15-8-9-16(23)11-17(15)24/h4-11,13H,3,12H2,1-2H3/b19-10+/t13-/m1/s1. The first-order valence-electron chi connectivity index (χ1n) is 9.41. The highest BCUT2D eigenvalue weighted by molar-refractivity contribution is 8.18. The van der Waals surface area contributed by atoms with Gasteiger partial charge in [-0.15, -0.1) is 0 Å². The minimum atomic E-state index is -1.00. The molecule has 0 unspecified atom stereocenters. The van der Waals surface area contributed by atoms with E-state index in [1.54, 1.807) is 55.5 Å². The predicted molar refractivity (Wildman–Crippen MR) is 121 cm³/mol. The SMILES string of the molecule is CCOC(=O)[C@@H](C)N1C(=O)S/C(=C/c2ccccc2OCc2ccc(Cl)cc2Cl)C1=O. The van der Waals surface area contributed by atoms with Crippen molar-refractivity contribution in [2.24, 2.45) is 0 Å². The molecular formula is C22H19Cl2NO5S. The van der Waals surface area contributed by atoms with Crippen molar-refractivity contribution in [3.63, 3.8) is 0 Å². The summed E-state index contributed by atoms with van der Waals surface area (Å²) in [5, 5.41) is 0.490. The van der Waals surface area contributed by atoms with Crippen molar-refractivity contribution >= 4 is 58.2 Å². The van der Waals surface area contributed by atoms with Crippen LogP contribution in [0.15, 0.2) is 47.4 Å². The van der Waals surface area contributed by atoms with Crippen molar-refractivity contribution < 1.29 is 23.9 Å². The number of nitrogens with zero attached hydrogens (tertiary/aromatic N) is 1. The zero-order valence-corrected chi connectivity index (χ0v) is 19.1.